The summed E-state index contributed by atoms with van der Waals surface area (Å²) in [6.07, 6.45) is 2.47. The zero-order valence-corrected chi connectivity index (χ0v) is 10.3. The molecule has 1 unspecified atom stereocenters. The molecule has 0 radical (unpaired) electrons. The highest BCUT2D eigenvalue weighted by Gasteiger charge is 2.31. The number of hydrogen-bond donors (Lipinski definition) is 3. The molecule has 0 bridgehead atoms. The van der Waals surface area contributed by atoms with Crippen molar-refractivity contribution in [3.63, 3.8) is 0 Å². The van der Waals surface area contributed by atoms with Gasteiger partial charge in [-0.1, -0.05) is 13.3 Å². The Hall–Kier alpha value is -1.30. The van der Waals surface area contributed by atoms with E-state index in [1.54, 1.807) is 0 Å². The molecule has 0 spiro atoms. The maximum absolute atomic E-state index is 11.4. The lowest BCUT2D eigenvalue weighted by atomic mass is 9.70. The maximum atomic E-state index is 11.4. The zero-order chi connectivity index (χ0) is 12.9. The number of carbonyl (C=O) groups excluding carboxylic acids is 1. The van der Waals surface area contributed by atoms with Crippen LogP contribution in [0.1, 0.15) is 26.2 Å². The van der Waals surface area contributed by atoms with Crippen LogP contribution in [0.25, 0.3) is 0 Å². The lowest BCUT2D eigenvalue weighted by Crippen LogP contribution is -2.47. The molecule has 0 aromatic heterocycles. The number of urea groups is 1. The largest absolute Gasteiger partial charge is 0.479 e. The van der Waals surface area contributed by atoms with Crippen LogP contribution >= 0.6 is 0 Å². The number of ether oxygens (including phenoxy) is 1. The maximum Gasteiger partial charge on any atom is 0.334 e. The number of methoxy groups -OCH3 is 1. The lowest BCUT2D eigenvalue weighted by molar-refractivity contribution is -0.147. The van der Waals surface area contributed by atoms with Crippen molar-refractivity contribution in [3.8, 4) is 0 Å². The lowest BCUT2D eigenvalue weighted by Gasteiger charge is -2.38. The fourth-order valence-corrected chi connectivity index (χ4v) is 1.77. The van der Waals surface area contributed by atoms with E-state index < -0.39 is 12.1 Å². The third kappa shape index (κ3) is 4.22. The topological polar surface area (TPSA) is 87.7 Å². The predicted molar refractivity (Wildman–Crippen MR) is 61.8 cm³/mol. The Morgan fingerprint density at radius 2 is 2.06 bits per heavy atom. The minimum atomic E-state index is -1.08. The van der Waals surface area contributed by atoms with Crippen LogP contribution in [-0.2, 0) is 9.53 Å². The Labute approximate surface area is 101 Å². The van der Waals surface area contributed by atoms with Crippen molar-refractivity contribution < 1.29 is 19.4 Å². The third-order valence-electron chi connectivity index (χ3n) is 3.24. The zero-order valence-electron chi connectivity index (χ0n) is 10.3. The van der Waals surface area contributed by atoms with Crippen molar-refractivity contribution in [2.45, 2.75) is 32.3 Å². The van der Waals surface area contributed by atoms with Crippen LogP contribution in [0.2, 0.25) is 0 Å². The van der Waals surface area contributed by atoms with Gasteiger partial charge in [0, 0.05) is 13.7 Å². The molecule has 1 rings (SSSR count). The second kappa shape index (κ2) is 5.86. The van der Waals surface area contributed by atoms with E-state index in [0.717, 1.165) is 12.8 Å². The fourth-order valence-electron chi connectivity index (χ4n) is 1.77. The SMILES string of the molecule is COC(CNC(=O)NCC1(C)CCC1)C(=O)O. The first-order valence-corrected chi connectivity index (χ1v) is 5.74. The van der Waals surface area contributed by atoms with Crippen molar-refractivity contribution >= 4 is 12.0 Å². The van der Waals surface area contributed by atoms with E-state index in [1.807, 2.05) is 0 Å². The molecule has 6 nitrogen and oxygen atoms in total. The molecule has 1 saturated carbocycles. The summed E-state index contributed by atoms with van der Waals surface area (Å²) in [5, 5.41) is 13.9. The normalized spacial score (nSPS) is 18.9. The molecule has 0 saturated heterocycles. The third-order valence-corrected chi connectivity index (χ3v) is 3.24. The molecule has 1 fully saturated rings. The molecular weight excluding hydrogens is 224 g/mol. The average Bonchev–Trinajstić information content (AvgIpc) is 2.24. The second-order valence-corrected chi connectivity index (χ2v) is 4.79. The number of amides is 2. The average molecular weight is 244 g/mol. The minimum absolute atomic E-state index is 0.0334. The molecule has 3 N–H and O–H groups in total. The van der Waals surface area contributed by atoms with E-state index in [2.05, 4.69) is 17.6 Å². The van der Waals surface area contributed by atoms with Crippen molar-refractivity contribution in [1.29, 1.82) is 0 Å². The highest BCUT2D eigenvalue weighted by atomic mass is 16.5. The molecule has 17 heavy (non-hydrogen) atoms. The number of rotatable bonds is 6. The van der Waals surface area contributed by atoms with Crippen molar-refractivity contribution in [1.82, 2.24) is 10.6 Å². The second-order valence-electron chi connectivity index (χ2n) is 4.79. The first-order valence-electron chi connectivity index (χ1n) is 5.74. The minimum Gasteiger partial charge on any atom is -0.479 e. The monoisotopic (exact) mass is 244 g/mol. The molecule has 0 aromatic carbocycles. The van der Waals surface area contributed by atoms with E-state index in [9.17, 15) is 9.59 Å². The number of nitrogens with one attached hydrogen (secondary N) is 2. The summed E-state index contributed by atoms with van der Waals surface area (Å²) < 4.78 is 4.70. The van der Waals surface area contributed by atoms with Gasteiger partial charge in [-0.2, -0.15) is 0 Å². The van der Waals surface area contributed by atoms with Gasteiger partial charge in [0.15, 0.2) is 6.10 Å². The quantitative estimate of drug-likeness (QED) is 0.637. The number of carbonyl (C=O) groups is 2. The van der Waals surface area contributed by atoms with Gasteiger partial charge in [0.2, 0.25) is 0 Å². The summed E-state index contributed by atoms with van der Waals surface area (Å²) in [7, 11) is 1.30. The number of carboxylic acid groups (broad SMARTS) is 1. The Balaban J connectivity index is 2.18. The van der Waals surface area contributed by atoms with E-state index in [0.29, 0.717) is 6.54 Å². The fraction of sp³-hybridized carbons (Fsp3) is 0.818. The first kappa shape index (κ1) is 13.8. The van der Waals surface area contributed by atoms with E-state index in [-0.39, 0.29) is 18.0 Å². The van der Waals surface area contributed by atoms with Gasteiger partial charge in [0.1, 0.15) is 0 Å². The first-order chi connectivity index (χ1) is 7.97. The molecule has 2 amide bonds. The molecule has 1 atom stereocenters. The van der Waals surface area contributed by atoms with Gasteiger partial charge in [-0.05, 0) is 18.3 Å². The summed E-state index contributed by atoms with van der Waals surface area (Å²) in [5.41, 5.74) is 0.213. The predicted octanol–water partition coefficient (Wildman–Crippen LogP) is 0.575. The molecule has 6 heteroatoms. The number of hydrogen-bond acceptors (Lipinski definition) is 3. The van der Waals surface area contributed by atoms with Gasteiger partial charge < -0.3 is 20.5 Å². The van der Waals surface area contributed by atoms with Gasteiger partial charge >= 0.3 is 12.0 Å². The smallest absolute Gasteiger partial charge is 0.334 e. The number of aliphatic carboxylic acids is 1. The van der Waals surface area contributed by atoms with Crippen LogP contribution in [-0.4, -0.2) is 43.4 Å². The van der Waals surface area contributed by atoms with Crippen molar-refractivity contribution in [2.24, 2.45) is 5.41 Å². The van der Waals surface area contributed by atoms with Crippen LogP contribution in [0.15, 0.2) is 0 Å². The molecule has 0 heterocycles. The highest BCUT2D eigenvalue weighted by Crippen LogP contribution is 2.39. The van der Waals surface area contributed by atoms with Gasteiger partial charge in [0.25, 0.3) is 0 Å². The van der Waals surface area contributed by atoms with Crippen molar-refractivity contribution in [2.75, 3.05) is 20.2 Å². The Morgan fingerprint density at radius 3 is 2.47 bits per heavy atom. The molecule has 1 aliphatic rings. The number of carboxylic acids is 1. The molecule has 1 aliphatic carbocycles. The standard InChI is InChI=1S/C11H20N2O4/c1-11(4-3-5-11)7-13-10(16)12-6-8(17-2)9(14)15/h8H,3-7H2,1-2H3,(H,14,15)(H2,12,13,16). The van der Waals surface area contributed by atoms with Crippen LogP contribution < -0.4 is 10.6 Å². The molecule has 98 valence electrons. The molecular formula is C11H20N2O4. The molecule has 0 aliphatic heterocycles. The molecule has 0 aromatic rings. The summed E-state index contributed by atoms with van der Waals surface area (Å²) in [5.74, 6) is -1.08. The highest BCUT2D eigenvalue weighted by molar-refractivity contribution is 5.76. The van der Waals surface area contributed by atoms with Crippen LogP contribution in [0.4, 0.5) is 4.79 Å². The Morgan fingerprint density at radius 1 is 1.41 bits per heavy atom. The van der Waals surface area contributed by atoms with E-state index >= 15 is 0 Å². The van der Waals surface area contributed by atoms with Gasteiger partial charge in [-0.15, -0.1) is 0 Å². The summed E-state index contributed by atoms with van der Waals surface area (Å²) in [4.78, 5) is 22.0. The van der Waals surface area contributed by atoms with E-state index in [1.165, 1.54) is 13.5 Å². The summed E-state index contributed by atoms with van der Waals surface area (Å²) >= 11 is 0. The van der Waals surface area contributed by atoms with Crippen LogP contribution in [0, 0.1) is 5.41 Å². The summed E-state index contributed by atoms with van der Waals surface area (Å²) in [6.45, 7) is 2.73. The summed E-state index contributed by atoms with van der Waals surface area (Å²) in [6, 6.07) is -0.346. The van der Waals surface area contributed by atoms with Crippen LogP contribution in [0.3, 0.4) is 0 Å². The van der Waals surface area contributed by atoms with Gasteiger partial charge in [-0.3, -0.25) is 0 Å². The Bertz CT molecular complexity index is 289. The van der Waals surface area contributed by atoms with E-state index in [4.69, 9.17) is 9.84 Å². The van der Waals surface area contributed by atoms with Crippen molar-refractivity contribution in [3.05, 3.63) is 0 Å². The van der Waals surface area contributed by atoms with Gasteiger partial charge in [0.05, 0.1) is 6.54 Å². The van der Waals surface area contributed by atoms with Crippen LogP contribution in [0.5, 0.6) is 0 Å². The van der Waals surface area contributed by atoms with Gasteiger partial charge in [-0.25, -0.2) is 9.59 Å². The Kier molecular flexibility index (Phi) is 4.74.